The van der Waals surface area contributed by atoms with E-state index in [1.54, 1.807) is 39.0 Å². The van der Waals surface area contributed by atoms with Crippen LogP contribution in [0.2, 0.25) is 0 Å². The Labute approximate surface area is 353 Å². The number of aliphatic carboxylic acids is 1. The number of carboxylic acids is 1. The fourth-order valence-corrected chi connectivity index (χ4v) is 8.20. The Bertz CT molecular complexity index is 2550. The Kier molecular flexibility index (Phi) is 11.5. The van der Waals surface area contributed by atoms with Crippen LogP contribution in [0, 0.1) is 5.92 Å². The second-order valence-corrected chi connectivity index (χ2v) is 16.1. The molecule has 1 saturated heterocycles. The van der Waals surface area contributed by atoms with Crippen molar-refractivity contribution in [3.05, 3.63) is 118 Å². The van der Waals surface area contributed by atoms with Crippen molar-refractivity contribution in [1.82, 2.24) is 0 Å². The molecule has 0 amide bonds. The third-order valence-corrected chi connectivity index (χ3v) is 11.3. The van der Waals surface area contributed by atoms with Crippen molar-refractivity contribution in [3.8, 4) is 46.0 Å². The lowest BCUT2D eigenvalue weighted by Crippen LogP contribution is -2.61. The monoisotopic (exact) mass is 852 g/mol. The highest BCUT2D eigenvalue weighted by Gasteiger charge is 2.49. The summed E-state index contributed by atoms with van der Waals surface area (Å²) in [5.74, 6) is -9.41. The molecule has 62 heavy (non-hydrogen) atoms. The largest absolute Gasteiger partial charge is 0.508 e. The van der Waals surface area contributed by atoms with Gasteiger partial charge in [0.1, 0.15) is 69.9 Å². The van der Waals surface area contributed by atoms with Crippen molar-refractivity contribution in [2.24, 2.45) is 5.92 Å². The highest BCUT2D eigenvalue weighted by atomic mass is 16.7. The van der Waals surface area contributed by atoms with E-state index in [9.17, 15) is 60.7 Å². The maximum absolute atomic E-state index is 15.3. The first kappa shape index (κ1) is 43.2. The average Bonchev–Trinajstić information content (AvgIpc) is 3.19. The first-order chi connectivity index (χ1) is 29.3. The summed E-state index contributed by atoms with van der Waals surface area (Å²) in [7, 11) is 0. The van der Waals surface area contributed by atoms with E-state index in [0.717, 1.165) is 24.3 Å². The number of aliphatic hydroxyl groups excluding tert-OH is 3. The molecule has 2 heterocycles. The molecule has 7 rings (SSSR count). The molecule has 0 aromatic heterocycles. The Balaban J connectivity index is 1.43. The number of carboxylic acid groups (broad SMARTS) is 1. The minimum Gasteiger partial charge on any atom is -0.508 e. The predicted octanol–water partition coefficient (Wildman–Crippen LogP) is 4.99. The van der Waals surface area contributed by atoms with Crippen LogP contribution in [0.4, 0.5) is 0 Å². The molecule has 0 bridgehead atoms. The van der Waals surface area contributed by atoms with E-state index < -0.39 is 83.1 Å². The van der Waals surface area contributed by atoms with Crippen LogP contribution in [0.5, 0.6) is 46.0 Å². The number of carbonyl (C=O) groups is 3. The minimum absolute atomic E-state index is 0.122. The number of aliphatic hydroxyl groups is 3. The molecule has 16 heteroatoms. The van der Waals surface area contributed by atoms with Gasteiger partial charge in [0, 0.05) is 41.0 Å². The van der Waals surface area contributed by atoms with Gasteiger partial charge in [-0.3, -0.25) is 9.59 Å². The Morgan fingerprint density at radius 1 is 0.806 bits per heavy atom. The molecule has 324 valence electrons. The molecule has 1 fully saturated rings. The van der Waals surface area contributed by atoms with Gasteiger partial charge in [-0.25, -0.2) is 4.79 Å². The highest BCUT2D eigenvalue weighted by Crippen LogP contribution is 2.54. The second kappa shape index (κ2) is 16.5. The number of aromatic hydroxyl groups is 6. The molecule has 1 aliphatic carbocycles. The van der Waals surface area contributed by atoms with Crippen LogP contribution in [0.3, 0.4) is 0 Å². The van der Waals surface area contributed by atoms with Gasteiger partial charge in [0.05, 0.1) is 16.7 Å². The van der Waals surface area contributed by atoms with Crippen molar-refractivity contribution in [2.45, 2.75) is 75.3 Å². The molecule has 8 atom stereocenters. The Hall–Kier alpha value is -6.85. The summed E-state index contributed by atoms with van der Waals surface area (Å²) < 4.78 is 17.5. The number of phenolic OH excluding ortho intramolecular Hbond substituents is 6. The third kappa shape index (κ3) is 8.15. The quantitative estimate of drug-likeness (QED) is 0.0572. The number of hydrogen-bond donors (Lipinski definition) is 10. The first-order valence-electron chi connectivity index (χ1n) is 19.4. The van der Waals surface area contributed by atoms with E-state index in [4.69, 9.17) is 14.2 Å². The molecule has 3 aliphatic rings. The van der Waals surface area contributed by atoms with Gasteiger partial charge in [0.15, 0.2) is 17.7 Å². The molecule has 16 nitrogen and oxygen atoms in total. The lowest BCUT2D eigenvalue weighted by Gasteiger charge is -2.40. The van der Waals surface area contributed by atoms with Crippen molar-refractivity contribution >= 4 is 29.7 Å². The molecule has 0 spiro atoms. The van der Waals surface area contributed by atoms with Gasteiger partial charge >= 0.3 is 5.97 Å². The number of Topliss-reactive ketones (excluding diaryl/α,β-unsaturated/α-hetero) is 1. The van der Waals surface area contributed by atoms with Crippen LogP contribution in [0.15, 0.2) is 84.5 Å². The van der Waals surface area contributed by atoms with Crippen LogP contribution in [-0.4, -0.2) is 105 Å². The maximum atomic E-state index is 15.3. The average molecular weight is 853 g/mol. The Morgan fingerprint density at radius 3 is 2.16 bits per heavy atom. The van der Waals surface area contributed by atoms with E-state index in [0.29, 0.717) is 11.3 Å². The van der Waals surface area contributed by atoms with E-state index >= 15 is 4.79 Å². The number of ether oxygens (including phenoxy) is 3. The number of allylic oxidation sites excluding steroid dienone is 3. The van der Waals surface area contributed by atoms with Crippen LogP contribution in [0.25, 0.3) is 12.2 Å². The molecule has 4 aromatic rings. The summed E-state index contributed by atoms with van der Waals surface area (Å²) in [4.78, 5) is 41.2. The van der Waals surface area contributed by atoms with Gasteiger partial charge in [-0.05, 0) is 99.5 Å². The summed E-state index contributed by atoms with van der Waals surface area (Å²) in [6, 6.07) is 12.7. The SMILES string of the molecule is CC1=CC(c2c(OC3OC(C(=O)O)C(O)C(O)C3O)ccc(C(=O)/C=C/c3ccc(O)cc3O)c2O)C(C(=O)c2ccc3c(c2O)C=CC(C)(C)O3)C(c2ccc(O)cc2O)C1. The molecule has 8 unspecified atom stereocenters. The number of fused-ring (bicyclic) bond motifs is 1. The van der Waals surface area contributed by atoms with Gasteiger partial charge < -0.3 is 65.3 Å². The van der Waals surface area contributed by atoms with Crippen LogP contribution < -0.4 is 9.47 Å². The molecule has 0 radical (unpaired) electrons. The number of rotatable bonds is 10. The van der Waals surface area contributed by atoms with E-state index in [1.807, 2.05) is 0 Å². The smallest absolute Gasteiger partial charge is 0.335 e. The fourth-order valence-electron chi connectivity index (χ4n) is 8.20. The van der Waals surface area contributed by atoms with E-state index in [1.165, 1.54) is 48.5 Å². The van der Waals surface area contributed by atoms with Gasteiger partial charge in [-0.1, -0.05) is 17.7 Å². The van der Waals surface area contributed by atoms with Crippen molar-refractivity contribution in [3.63, 3.8) is 0 Å². The third-order valence-electron chi connectivity index (χ3n) is 11.3. The zero-order chi connectivity index (χ0) is 44.9. The summed E-state index contributed by atoms with van der Waals surface area (Å²) in [5.41, 5.74) is -0.403. The summed E-state index contributed by atoms with van der Waals surface area (Å²) in [5, 5.41) is 107. The van der Waals surface area contributed by atoms with Crippen LogP contribution in [0.1, 0.15) is 82.0 Å². The first-order valence-corrected chi connectivity index (χ1v) is 19.4. The predicted molar refractivity (Wildman–Crippen MR) is 219 cm³/mol. The fraction of sp³-hybridized carbons (Fsp3) is 0.283. The van der Waals surface area contributed by atoms with Crippen molar-refractivity contribution < 1.29 is 79.7 Å². The summed E-state index contributed by atoms with van der Waals surface area (Å²) >= 11 is 0. The lowest BCUT2D eigenvalue weighted by molar-refractivity contribution is -0.271. The van der Waals surface area contributed by atoms with Crippen LogP contribution in [-0.2, 0) is 9.53 Å². The van der Waals surface area contributed by atoms with E-state index in [2.05, 4.69) is 0 Å². The molecule has 0 saturated carbocycles. The highest BCUT2D eigenvalue weighted by molar-refractivity contribution is 6.09. The maximum Gasteiger partial charge on any atom is 0.335 e. The van der Waals surface area contributed by atoms with Gasteiger partial charge in [0.2, 0.25) is 6.29 Å². The lowest BCUT2D eigenvalue weighted by atomic mass is 9.65. The molecule has 10 N–H and O–H groups in total. The Morgan fingerprint density at radius 2 is 1.48 bits per heavy atom. The normalized spacial score (nSPS) is 25.4. The number of benzene rings is 4. The standard InChI is InChI=1S/C46H44O16/c1-20-16-28(24-8-7-23(48)19-32(24)51)35(39(54)27-10-12-33-26(37(27)52)14-15-46(2,3)62-33)29(17-20)36-34(60-45-42(57)40(55)41(56)43(61-45)44(58)59)13-9-25(38(36)53)30(49)11-5-21-4-6-22(47)18-31(21)50/h4-15,17-19,28-29,35,40-43,45,47-48,50-53,55-57H,16H2,1-3H3,(H,58,59)/b11-5+. The van der Waals surface area contributed by atoms with Gasteiger partial charge in [-0.15, -0.1) is 0 Å². The second-order valence-electron chi connectivity index (χ2n) is 16.1. The summed E-state index contributed by atoms with van der Waals surface area (Å²) in [6.45, 7) is 5.32. The minimum atomic E-state index is -2.09. The zero-order valence-electron chi connectivity index (χ0n) is 33.4. The number of phenols is 6. The number of ketones is 2. The molecular formula is C46H44O16. The zero-order valence-corrected chi connectivity index (χ0v) is 33.4. The molecular weight excluding hydrogens is 808 g/mol. The van der Waals surface area contributed by atoms with E-state index in [-0.39, 0.29) is 68.5 Å². The topological polar surface area (TPSA) is 281 Å². The van der Waals surface area contributed by atoms with Gasteiger partial charge in [-0.2, -0.15) is 0 Å². The summed E-state index contributed by atoms with van der Waals surface area (Å²) in [6.07, 6.45) is -3.02. The molecule has 4 aromatic carbocycles. The number of hydrogen-bond acceptors (Lipinski definition) is 15. The number of carbonyl (C=O) groups excluding carboxylic acids is 2. The van der Waals surface area contributed by atoms with Crippen molar-refractivity contribution in [2.75, 3.05) is 0 Å². The van der Waals surface area contributed by atoms with Gasteiger partial charge in [0.25, 0.3) is 0 Å². The van der Waals surface area contributed by atoms with Crippen LogP contribution >= 0.6 is 0 Å². The van der Waals surface area contributed by atoms with Crippen molar-refractivity contribution in [1.29, 1.82) is 0 Å². The molecule has 2 aliphatic heterocycles.